The summed E-state index contributed by atoms with van der Waals surface area (Å²) in [6.45, 7) is 5.58. The molecule has 1 aromatic rings. The van der Waals surface area contributed by atoms with Crippen LogP contribution in [0.1, 0.15) is 18.4 Å². The number of ether oxygens (including phenoxy) is 1. The fourth-order valence-electron chi connectivity index (χ4n) is 2.42. The topological polar surface area (TPSA) is 49.8 Å². The zero-order valence-electron chi connectivity index (χ0n) is 11.3. The van der Waals surface area contributed by atoms with E-state index in [0.29, 0.717) is 18.9 Å². The Hall–Kier alpha value is -1.55. The molecule has 1 N–H and O–H groups in total. The second-order valence-corrected chi connectivity index (χ2v) is 5.24. The SMILES string of the molecule is Cc1cccc(OCCCN2CC(CC(=O)O)C2)c1. The van der Waals surface area contributed by atoms with Crippen LogP contribution < -0.4 is 4.74 Å². The fourth-order valence-corrected chi connectivity index (χ4v) is 2.42. The van der Waals surface area contributed by atoms with Gasteiger partial charge in [-0.05, 0) is 37.0 Å². The van der Waals surface area contributed by atoms with Crippen LogP contribution in [0.3, 0.4) is 0 Å². The van der Waals surface area contributed by atoms with Gasteiger partial charge in [0.25, 0.3) is 0 Å². The Morgan fingerprint density at radius 1 is 1.47 bits per heavy atom. The van der Waals surface area contributed by atoms with Gasteiger partial charge in [0.1, 0.15) is 5.75 Å². The van der Waals surface area contributed by atoms with E-state index >= 15 is 0 Å². The van der Waals surface area contributed by atoms with Gasteiger partial charge in [0, 0.05) is 19.6 Å². The minimum absolute atomic E-state index is 0.302. The van der Waals surface area contributed by atoms with Crippen molar-refractivity contribution < 1.29 is 14.6 Å². The molecule has 1 saturated heterocycles. The monoisotopic (exact) mass is 263 g/mol. The number of carboxylic acid groups (broad SMARTS) is 1. The molecule has 104 valence electrons. The average Bonchev–Trinajstić information content (AvgIpc) is 2.30. The maximum absolute atomic E-state index is 10.5. The number of hydrogen-bond donors (Lipinski definition) is 1. The first kappa shape index (κ1) is 13.9. The van der Waals surface area contributed by atoms with Gasteiger partial charge in [-0.15, -0.1) is 0 Å². The molecule has 1 aromatic carbocycles. The van der Waals surface area contributed by atoms with Crippen molar-refractivity contribution in [1.29, 1.82) is 0 Å². The lowest BCUT2D eigenvalue weighted by molar-refractivity contribution is -0.139. The van der Waals surface area contributed by atoms with Crippen molar-refractivity contribution in [2.24, 2.45) is 5.92 Å². The highest BCUT2D eigenvalue weighted by molar-refractivity contribution is 5.67. The van der Waals surface area contributed by atoms with E-state index in [4.69, 9.17) is 9.84 Å². The molecule has 4 heteroatoms. The molecule has 0 radical (unpaired) electrons. The Morgan fingerprint density at radius 3 is 2.95 bits per heavy atom. The van der Waals surface area contributed by atoms with Crippen LogP contribution in [0.5, 0.6) is 5.75 Å². The second-order valence-electron chi connectivity index (χ2n) is 5.24. The number of rotatable bonds is 7. The van der Waals surface area contributed by atoms with Gasteiger partial charge in [0.05, 0.1) is 13.0 Å². The summed E-state index contributed by atoms with van der Waals surface area (Å²) < 4.78 is 5.68. The van der Waals surface area contributed by atoms with E-state index in [1.165, 1.54) is 5.56 Å². The molecule has 0 saturated carbocycles. The van der Waals surface area contributed by atoms with Gasteiger partial charge in [-0.2, -0.15) is 0 Å². The molecule has 2 rings (SSSR count). The Balaban J connectivity index is 1.55. The maximum atomic E-state index is 10.5. The summed E-state index contributed by atoms with van der Waals surface area (Å²) in [5.74, 6) is 0.579. The third kappa shape index (κ3) is 4.56. The minimum atomic E-state index is -0.688. The Bertz CT molecular complexity index is 427. The number of carboxylic acids is 1. The van der Waals surface area contributed by atoms with E-state index in [9.17, 15) is 4.79 Å². The van der Waals surface area contributed by atoms with Gasteiger partial charge in [0.15, 0.2) is 0 Å². The lowest BCUT2D eigenvalue weighted by atomic mass is 9.96. The first-order chi connectivity index (χ1) is 9.13. The van der Waals surface area contributed by atoms with E-state index in [2.05, 4.69) is 17.9 Å². The van der Waals surface area contributed by atoms with Crippen LogP contribution in [0.4, 0.5) is 0 Å². The van der Waals surface area contributed by atoms with Crippen molar-refractivity contribution in [2.45, 2.75) is 19.8 Å². The lowest BCUT2D eigenvalue weighted by Crippen LogP contribution is -2.47. The summed E-state index contributed by atoms with van der Waals surface area (Å²) >= 11 is 0. The van der Waals surface area contributed by atoms with E-state index < -0.39 is 5.97 Å². The smallest absolute Gasteiger partial charge is 0.303 e. The van der Waals surface area contributed by atoms with Crippen molar-refractivity contribution in [1.82, 2.24) is 4.90 Å². The summed E-state index contributed by atoms with van der Waals surface area (Å²) in [4.78, 5) is 12.8. The second kappa shape index (κ2) is 6.57. The van der Waals surface area contributed by atoms with Gasteiger partial charge in [-0.1, -0.05) is 12.1 Å². The Kier molecular flexibility index (Phi) is 4.80. The average molecular weight is 263 g/mol. The fraction of sp³-hybridized carbons (Fsp3) is 0.533. The predicted octanol–water partition coefficient (Wildman–Crippen LogP) is 2.17. The van der Waals surface area contributed by atoms with Gasteiger partial charge in [0.2, 0.25) is 0 Å². The first-order valence-corrected chi connectivity index (χ1v) is 6.77. The van der Waals surface area contributed by atoms with Crippen molar-refractivity contribution in [3.63, 3.8) is 0 Å². The number of nitrogens with zero attached hydrogens (tertiary/aromatic N) is 1. The number of aliphatic carboxylic acids is 1. The number of hydrogen-bond acceptors (Lipinski definition) is 3. The molecular weight excluding hydrogens is 242 g/mol. The van der Waals surface area contributed by atoms with Crippen LogP contribution in [-0.2, 0) is 4.79 Å². The Labute approximate surface area is 114 Å². The van der Waals surface area contributed by atoms with E-state index in [-0.39, 0.29) is 0 Å². The van der Waals surface area contributed by atoms with E-state index in [0.717, 1.165) is 31.8 Å². The third-order valence-electron chi connectivity index (χ3n) is 3.37. The van der Waals surface area contributed by atoms with Gasteiger partial charge >= 0.3 is 5.97 Å². The molecule has 1 heterocycles. The molecule has 0 bridgehead atoms. The molecule has 0 atom stereocenters. The van der Waals surface area contributed by atoms with Crippen molar-refractivity contribution in [3.8, 4) is 5.75 Å². The van der Waals surface area contributed by atoms with E-state index in [1.807, 2.05) is 18.2 Å². The van der Waals surface area contributed by atoms with Crippen LogP contribution in [0.2, 0.25) is 0 Å². The molecule has 0 aliphatic carbocycles. The van der Waals surface area contributed by atoms with Crippen molar-refractivity contribution in [2.75, 3.05) is 26.2 Å². The summed E-state index contributed by atoms with van der Waals surface area (Å²) in [6.07, 6.45) is 1.28. The van der Waals surface area contributed by atoms with Crippen LogP contribution in [0, 0.1) is 12.8 Å². The molecule has 0 spiro atoms. The summed E-state index contributed by atoms with van der Waals surface area (Å²) in [5, 5.41) is 8.66. The normalized spacial score (nSPS) is 16.1. The number of likely N-dealkylation sites (tertiary alicyclic amines) is 1. The number of carbonyl (C=O) groups is 1. The van der Waals surface area contributed by atoms with Gasteiger partial charge in [-0.25, -0.2) is 0 Å². The minimum Gasteiger partial charge on any atom is -0.494 e. The predicted molar refractivity (Wildman–Crippen MR) is 73.5 cm³/mol. The zero-order chi connectivity index (χ0) is 13.7. The summed E-state index contributed by atoms with van der Waals surface area (Å²) in [6, 6.07) is 8.05. The van der Waals surface area contributed by atoms with Crippen molar-refractivity contribution >= 4 is 5.97 Å². The van der Waals surface area contributed by atoms with Crippen LogP contribution in [0.15, 0.2) is 24.3 Å². The van der Waals surface area contributed by atoms with Crippen LogP contribution >= 0.6 is 0 Å². The Morgan fingerprint density at radius 2 is 2.26 bits per heavy atom. The molecule has 19 heavy (non-hydrogen) atoms. The van der Waals surface area contributed by atoms with Gasteiger partial charge in [-0.3, -0.25) is 4.79 Å². The number of benzene rings is 1. The number of aryl methyl sites for hydroxylation is 1. The molecule has 0 unspecified atom stereocenters. The van der Waals surface area contributed by atoms with Crippen LogP contribution in [-0.4, -0.2) is 42.2 Å². The van der Waals surface area contributed by atoms with E-state index in [1.54, 1.807) is 0 Å². The first-order valence-electron chi connectivity index (χ1n) is 6.77. The molecule has 0 amide bonds. The molecule has 4 nitrogen and oxygen atoms in total. The van der Waals surface area contributed by atoms with Gasteiger partial charge < -0.3 is 14.7 Å². The molecule has 1 aliphatic heterocycles. The zero-order valence-corrected chi connectivity index (χ0v) is 11.3. The summed E-state index contributed by atoms with van der Waals surface area (Å²) in [7, 11) is 0. The molecule has 1 aliphatic rings. The highest BCUT2D eigenvalue weighted by Crippen LogP contribution is 2.19. The van der Waals surface area contributed by atoms with Crippen LogP contribution in [0.25, 0.3) is 0 Å². The highest BCUT2D eigenvalue weighted by atomic mass is 16.5. The third-order valence-corrected chi connectivity index (χ3v) is 3.37. The maximum Gasteiger partial charge on any atom is 0.303 e. The molecule has 0 aromatic heterocycles. The molecular formula is C15H21NO3. The summed E-state index contributed by atoms with van der Waals surface area (Å²) in [5.41, 5.74) is 1.21. The molecule has 1 fully saturated rings. The van der Waals surface area contributed by atoms with Crippen molar-refractivity contribution in [3.05, 3.63) is 29.8 Å². The quantitative estimate of drug-likeness (QED) is 0.766. The largest absolute Gasteiger partial charge is 0.494 e. The standard InChI is InChI=1S/C15H21NO3/c1-12-4-2-5-14(8-12)19-7-3-6-16-10-13(11-16)9-15(17)18/h2,4-5,8,13H,3,6-7,9-11H2,1H3,(H,17,18). The lowest BCUT2D eigenvalue weighted by Gasteiger charge is -2.38. The highest BCUT2D eigenvalue weighted by Gasteiger charge is 2.27.